The summed E-state index contributed by atoms with van der Waals surface area (Å²) in [5, 5.41) is 19.2. The highest BCUT2D eigenvalue weighted by atomic mass is 16.3. The molecule has 0 aromatic heterocycles. The molecule has 116 valence electrons. The van der Waals surface area contributed by atoms with Crippen LogP contribution in [0.15, 0.2) is 18.2 Å². The summed E-state index contributed by atoms with van der Waals surface area (Å²) >= 11 is 0. The third-order valence-electron chi connectivity index (χ3n) is 4.12. The molecule has 21 heavy (non-hydrogen) atoms. The van der Waals surface area contributed by atoms with Crippen LogP contribution in [0.25, 0.3) is 0 Å². The molecular weight excluding hydrogens is 268 g/mol. The zero-order chi connectivity index (χ0) is 15.4. The lowest BCUT2D eigenvalue weighted by atomic mass is 9.90. The van der Waals surface area contributed by atoms with E-state index in [1.807, 2.05) is 11.8 Å². The molecule has 5 nitrogen and oxygen atoms in total. The van der Waals surface area contributed by atoms with Gasteiger partial charge in [-0.15, -0.1) is 0 Å². The van der Waals surface area contributed by atoms with Crippen LogP contribution in [0.3, 0.4) is 0 Å². The highest BCUT2D eigenvalue weighted by Crippen LogP contribution is 2.28. The number of nitrogens with two attached hydrogens (primary N) is 1. The molecular formula is C16H24N2O3. The summed E-state index contributed by atoms with van der Waals surface area (Å²) in [5.74, 6) is -0.391. The number of hydrogen-bond donors (Lipinski definition) is 3. The van der Waals surface area contributed by atoms with E-state index in [1.54, 1.807) is 0 Å². The summed E-state index contributed by atoms with van der Waals surface area (Å²) in [6, 6.07) is 4.53. The zero-order valence-electron chi connectivity index (χ0n) is 12.5. The molecule has 0 aliphatic heterocycles. The second kappa shape index (κ2) is 6.80. The monoisotopic (exact) mass is 292 g/mol. The molecule has 0 heterocycles. The zero-order valence-corrected chi connectivity index (χ0v) is 12.5. The molecule has 0 bridgehead atoms. The van der Waals surface area contributed by atoms with Crippen molar-refractivity contribution in [1.29, 1.82) is 0 Å². The van der Waals surface area contributed by atoms with Crippen LogP contribution in [0, 0.1) is 0 Å². The van der Waals surface area contributed by atoms with E-state index in [0.717, 1.165) is 32.1 Å². The minimum Gasteiger partial charge on any atom is -0.508 e. The Morgan fingerprint density at radius 1 is 1.29 bits per heavy atom. The van der Waals surface area contributed by atoms with E-state index in [1.165, 1.54) is 18.2 Å². The third kappa shape index (κ3) is 3.67. The van der Waals surface area contributed by atoms with Gasteiger partial charge in [0.25, 0.3) is 5.91 Å². The van der Waals surface area contributed by atoms with Gasteiger partial charge in [-0.1, -0.05) is 6.92 Å². The average molecular weight is 292 g/mol. The number of aromatic hydroxyl groups is 2. The molecule has 0 unspecified atom stereocenters. The second-order valence-electron chi connectivity index (χ2n) is 5.77. The molecule has 1 aliphatic carbocycles. The fourth-order valence-electron chi connectivity index (χ4n) is 2.96. The molecule has 4 N–H and O–H groups in total. The van der Waals surface area contributed by atoms with Crippen molar-refractivity contribution in [3.05, 3.63) is 23.8 Å². The first kappa shape index (κ1) is 15.6. The largest absolute Gasteiger partial charge is 0.508 e. The Morgan fingerprint density at radius 3 is 2.52 bits per heavy atom. The highest BCUT2D eigenvalue weighted by Gasteiger charge is 2.29. The lowest BCUT2D eigenvalue weighted by Gasteiger charge is -2.36. The molecule has 1 fully saturated rings. The van der Waals surface area contributed by atoms with Crippen molar-refractivity contribution < 1.29 is 15.0 Å². The van der Waals surface area contributed by atoms with Gasteiger partial charge in [-0.3, -0.25) is 4.79 Å². The Balaban J connectivity index is 2.18. The summed E-state index contributed by atoms with van der Waals surface area (Å²) in [5.41, 5.74) is 6.17. The van der Waals surface area contributed by atoms with Crippen molar-refractivity contribution in [2.45, 2.75) is 51.1 Å². The van der Waals surface area contributed by atoms with Crippen molar-refractivity contribution in [3.8, 4) is 11.5 Å². The predicted molar refractivity (Wildman–Crippen MR) is 81.3 cm³/mol. The first-order valence-corrected chi connectivity index (χ1v) is 7.61. The predicted octanol–water partition coefficient (Wildman–Crippen LogP) is 2.22. The number of rotatable bonds is 4. The molecule has 1 aromatic rings. The first-order valence-electron chi connectivity index (χ1n) is 7.61. The van der Waals surface area contributed by atoms with Gasteiger partial charge in [-0.25, -0.2) is 0 Å². The third-order valence-corrected chi connectivity index (χ3v) is 4.12. The normalized spacial score (nSPS) is 22.0. The summed E-state index contributed by atoms with van der Waals surface area (Å²) in [4.78, 5) is 14.5. The summed E-state index contributed by atoms with van der Waals surface area (Å²) in [6.45, 7) is 2.70. The number of phenols is 2. The van der Waals surface area contributed by atoms with Crippen LogP contribution in [0.5, 0.6) is 11.5 Å². The second-order valence-corrected chi connectivity index (χ2v) is 5.77. The van der Waals surface area contributed by atoms with E-state index < -0.39 is 0 Å². The van der Waals surface area contributed by atoms with E-state index in [9.17, 15) is 15.0 Å². The van der Waals surface area contributed by atoms with Gasteiger partial charge in [-0.2, -0.15) is 0 Å². The molecule has 0 atom stereocenters. The van der Waals surface area contributed by atoms with E-state index >= 15 is 0 Å². The van der Waals surface area contributed by atoms with E-state index in [4.69, 9.17) is 5.73 Å². The molecule has 5 heteroatoms. The maximum absolute atomic E-state index is 12.7. The number of benzene rings is 1. The topological polar surface area (TPSA) is 86.8 Å². The lowest BCUT2D eigenvalue weighted by Crippen LogP contribution is -2.44. The molecule has 0 spiro atoms. The molecule has 1 aliphatic rings. The maximum Gasteiger partial charge on any atom is 0.257 e. The molecule has 0 radical (unpaired) electrons. The summed E-state index contributed by atoms with van der Waals surface area (Å²) in [7, 11) is 0. The highest BCUT2D eigenvalue weighted by molar-refractivity contribution is 5.97. The van der Waals surface area contributed by atoms with Crippen LogP contribution in [0.1, 0.15) is 49.4 Å². The molecule has 2 rings (SSSR count). The summed E-state index contributed by atoms with van der Waals surface area (Å²) < 4.78 is 0. The van der Waals surface area contributed by atoms with Crippen LogP contribution in [0.2, 0.25) is 0 Å². The van der Waals surface area contributed by atoms with E-state index in [2.05, 4.69) is 0 Å². The number of carbonyl (C=O) groups is 1. The molecule has 1 saturated carbocycles. The van der Waals surface area contributed by atoms with Crippen LogP contribution >= 0.6 is 0 Å². The van der Waals surface area contributed by atoms with Gasteiger partial charge in [0, 0.05) is 24.7 Å². The number of amides is 1. The summed E-state index contributed by atoms with van der Waals surface area (Å²) in [6.07, 6.45) is 4.55. The van der Waals surface area contributed by atoms with Gasteiger partial charge < -0.3 is 20.8 Å². The van der Waals surface area contributed by atoms with Crippen LogP contribution in [-0.4, -0.2) is 39.6 Å². The Hall–Kier alpha value is -1.75. The number of phenolic OH excluding ortho intramolecular Hbond substituents is 2. The standard InChI is InChI=1S/C16H24N2O3/c1-2-9-18(12-5-3-11(17)4-6-12)16(21)14-8-7-13(19)10-15(14)20/h7-8,10-12,19-20H,2-6,9,17H2,1H3. The van der Waals surface area contributed by atoms with Crippen LogP contribution in [0.4, 0.5) is 0 Å². The minimum atomic E-state index is -0.173. The maximum atomic E-state index is 12.7. The van der Waals surface area contributed by atoms with Gasteiger partial charge >= 0.3 is 0 Å². The lowest BCUT2D eigenvalue weighted by molar-refractivity contribution is 0.0623. The quantitative estimate of drug-likeness (QED) is 0.794. The van der Waals surface area contributed by atoms with Crippen molar-refractivity contribution >= 4 is 5.91 Å². The van der Waals surface area contributed by atoms with Crippen molar-refractivity contribution in [1.82, 2.24) is 4.90 Å². The van der Waals surface area contributed by atoms with Crippen LogP contribution < -0.4 is 5.73 Å². The molecule has 1 aromatic carbocycles. The van der Waals surface area contributed by atoms with Gasteiger partial charge in [0.2, 0.25) is 0 Å². The molecule has 0 saturated heterocycles. The first-order chi connectivity index (χ1) is 10.0. The van der Waals surface area contributed by atoms with Crippen molar-refractivity contribution in [2.24, 2.45) is 5.73 Å². The Morgan fingerprint density at radius 2 is 1.95 bits per heavy atom. The Labute approximate surface area is 125 Å². The van der Waals surface area contributed by atoms with Gasteiger partial charge in [-0.05, 0) is 44.2 Å². The number of hydrogen-bond acceptors (Lipinski definition) is 4. The molecule has 1 amide bonds. The smallest absolute Gasteiger partial charge is 0.257 e. The van der Waals surface area contributed by atoms with Gasteiger partial charge in [0.05, 0.1) is 5.56 Å². The van der Waals surface area contributed by atoms with Crippen molar-refractivity contribution in [2.75, 3.05) is 6.54 Å². The number of carbonyl (C=O) groups excluding carboxylic acids is 1. The van der Waals surface area contributed by atoms with Gasteiger partial charge in [0.1, 0.15) is 11.5 Å². The fourth-order valence-corrected chi connectivity index (χ4v) is 2.96. The number of nitrogens with zero attached hydrogens (tertiary/aromatic N) is 1. The van der Waals surface area contributed by atoms with Crippen LogP contribution in [-0.2, 0) is 0 Å². The van der Waals surface area contributed by atoms with E-state index in [0.29, 0.717) is 6.54 Å². The Kier molecular flexibility index (Phi) is 5.07. The average Bonchev–Trinajstić information content (AvgIpc) is 2.45. The minimum absolute atomic E-state index is 0.0465. The fraction of sp³-hybridized carbons (Fsp3) is 0.562. The van der Waals surface area contributed by atoms with Crippen molar-refractivity contribution in [3.63, 3.8) is 0 Å². The Bertz CT molecular complexity index is 496. The van der Waals surface area contributed by atoms with Gasteiger partial charge in [0.15, 0.2) is 0 Å². The van der Waals surface area contributed by atoms with E-state index in [-0.39, 0.29) is 35.1 Å². The SMILES string of the molecule is CCCN(C(=O)c1ccc(O)cc1O)C1CCC(N)CC1.